The van der Waals surface area contributed by atoms with E-state index < -0.39 is 112 Å². The number of ether oxygens (including phenoxy) is 5. The molecule has 3 aliphatic heterocycles. The Hall–Kier alpha value is -0.670. The molecular formula is C18H31FO15. The first kappa shape index (κ1) is 27.9. The Morgan fingerprint density at radius 2 is 1.00 bits per heavy atom. The summed E-state index contributed by atoms with van der Waals surface area (Å²) < 4.78 is 40.3. The van der Waals surface area contributed by atoms with Gasteiger partial charge in [-0.25, -0.2) is 4.39 Å². The van der Waals surface area contributed by atoms with Crippen LogP contribution < -0.4 is 0 Å². The second-order valence-electron chi connectivity index (χ2n) is 8.29. The molecule has 15 atom stereocenters. The largest absolute Gasteiger partial charge is 0.394 e. The summed E-state index contributed by atoms with van der Waals surface area (Å²) in [5.74, 6) is 0. The fourth-order valence-electron chi connectivity index (χ4n) is 4.03. The van der Waals surface area contributed by atoms with Gasteiger partial charge in [-0.3, -0.25) is 0 Å². The number of rotatable bonds is 7. The first-order valence-corrected chi connectivity index (χ1v) is 10.6. The minimum Gasteiger partial charge on any atom is -0.394 e. The van der Waals surface area contributed by atoms with Crippen molar-refractivity contribution in [3.63, 3.8) is 0 Å². The predicted octanol–water partition coefficient (Wildman–Crippen LogP) is -6.60. The third kappa shape index (κ3) is 5.36. The molecule has 0 saturated carbocycles. The average Bonchev–Trinajstić information content (AvgIpc) is 2.83. The van der Waals surface area contributed by atoms with E-state index in [1.54, 1.807) is 0 Å². The molecule has 0 unspecified atom stereocenters. The van der Waals surface area contributed by atoms with Gasteiger partial charge in [-0.05, 0) is 0 Å². The van der Waals surface area contributed by atoms with Gasteiger partial charge in [-0.1, -0.05) is 0 Å². The molecule has 0 bridgehead atoms. The second-order valence-corrected chi connectivity index (χ2v) is 8.29. The van der Waals surface area contributed by atoms with Gasteiger partial charge in [0.2, 0.25) is 0 Å². The van der Waals surface area contributed by atoms with Crippen molar-refractivity contribution >= 4 is 0 Å². The van der Waals surface area contributed by atoms with E-state index in [1.165, 1.54) is 0 Å². The molecule has 15 nitrogen and oxygen atoms in total. The van der Waals surface area contributed by atoms with Crippen LogP contribution >= 0.6 is 0 Å². The number of halogens is 1. The Labute approximate surface area is 192 Å². The normalized spacial score (nSPS) is 52.5. The molecule has 0 spiro atoms. The number of aliphatic hydroxyl groups is 10. The van der Waals surface area contributed by atoms with Crippen LogP contribution in [-0.4, -0.2) is 163 Å². The molecule has 3 saturated heterocycles. The summed E-state index contributed by atoms with van der Waals surface area (Å²) in [6.45, 7) is -2.41. The van der Waals surface area contributed by atoms with E-state index in [2.05, 4.69) is 0 Å². The molecule has 200 valence electrons. The van der Waals surface area contributed by atoms with Gasteiger partial charge in [0, 0.05) is 0 Å². The molecule has 3 rings (SSSR count). The van der Waals surface area contributed by atoms with E-state index in [1.807, 2.05) is 0 Å². The van der Waals surface area contributed by atoms with Crippen LogP contribution in [0.25, 0.3) is 0 Å². The summed E-state index contributed by atoms with van der Waals surface area (Å²) in [7, 11) is 0. The lowest BCUT2D eigenvalue weighted by molar-refractivity contribution is -0.375. The van der Waals surface area contributed by atoms with Gasteiger partial charge in [-0.15, -0.1) is 0 Å². The van der Waals surface area contributed by atoms with Crippen molar-refractivity contribution in [2.45, 2.75) is 92.2 Å². The van der Waals surface area contributed by atoms with Crippen LogP contribution in [0.4, 0.5) is 4.39 Å². The Bertz CT molecular complexity index is 642. The molecule has 10 N–H and O–H groups in total. The number of aliphatic hydroxyl groups excluding tert-OH is 10. The SMILES string of the molecule is OC[C@H]1O[C@@H](O[C@H]2[C@H](O)[C@@H](O)[C@H](O[C@H]3[C@H](O)[C@@H](CO)O[C@H](O)[C@@H]3F)O[C@@H]2CO)[C@H](O)[C@@H](O)[C@@H]1O. The van der Waals surface area contributed by atoms with Crippen molar-refractivity contribution in [1.82, 2.24) is 0 Å². The Morgan fingerprint density at radius 1 is 0.529 bits per heavy atom. The zero-order valence-corrected chi connectivity index (χ0v) is 17.7. The Kier molecular flexibility index (Phi) is 9.51. The number of alkyl halides is 1. The van der Waals surface area contributed by atoms with E-state index >= 15 is 0 Å². The van der Waals surface area contributed by atoms with Crippen molar-refractivity contribution in [3.05, 3.63) is 0 Å². The molecular weight excluding hydrogens is 475 g/mol. The lowest BCUT2D eigenvalue weighted by atomic mass is 9.96. The van der Waals surface area contributed by atoms with Crippen molar-refractivity contribution in [2.75, 3.05) is 19.8 Å². The molecule has 16 heteroatoms. The zero-order chi connectivity index (χ0) is 25.3. The van der Waals surface area contributed by atoms with Crippen LogP contribution in [0.2, 0.25) is 0 Å². The van der Waals surface area contributed by atoms with E-state index in [4.69, 9.17) is 23.7 Å². The molecule has 0 aromatic heterocycles. The molecule has 0 amide bonds. The third-order valence-electron chi connectivity index (χ3n) is 6.05. The molecule has 34 heavy (non-hydrogen) atoms. The molecule has 0 aliphatic carbocycles. The maximum atomic E-state index is 14.4. The van der Waals surface area contributed by atoms with Crippen LogP contribution in [0.1, 0.15) is 0 Å². The first-order chi connectivity index (χ1) is 16.0. The predicted molar refractivity (Wildman–Crippen MR) is 100 cm³/mol. The minimum atomic E-state index is -2.33. The van der Waals surface area contributed by atoms with E-state index in [0.717, 1.165) is 0 Å². The summed E-state index contributed by atoms with van der Waals surface area (Å²) in [5, 5.41) is 98.9. The topological polar surface area (TPSA) is 248 Å². The summed E-state index contributed by atoms with van der Waals surface area (Å²) in [6.07, 6.45) is -26.7. The molecule has 3 fully saturated rings. The third-order valence-corrected chi connectivity index (χ3v) is 6.05. The quantitative estimate of drug-likeness (QED) is 0.154. The fraction of sp³-hybridized carbons (Fsp3) is 1.00. The summed E-state index contributed by atoms with van der Waals surface area (Å²) in [4.78, 5) is 0. The highest BCUT2D eigenvalue weighted by atomic mass is 19.1. The molecule has 3 heterocycles. The van der Waals surface area contributed by atoms with Crippen LogP contribution in [0.5, 0.6) is 0 Å². The Balaban J connectivity index is 1.72. The number of hydrogen-bond acceptors (Lipinski definition) is 15. The van der Waals surface area contributed by atoms with Crippen molar-refractivity contribution in [2.24, 2.45) is 0 Å². The van der Waals surface area contributed by atoms with Crippen molar-refractivity contribution in [1.29, 1.82) is 0 Å². The fourth-order valence-corrected chi connectivity index (χ4v) is 4.03. The van der Waals surface area contributed by atoms with E-state index in [9.17, 15) is 55.5 Å². The lowest BCUT2D eigenvalue weighted by Crippen LogP contribution is -2.66. The maximum Gasteiger partial charge on any atom is 0.189 e. The van der Waals surface area contributed by atoms with Crippen molar-refractivity contribution in [3.8, 4) is 0 Å². The second kappa shape index (κ2) is 11.6. The number of hydrogen-bond donors (Lipinski definition) is 10. The van der Waals surface area contributed by atoms with Gasteiger partial charge < -0.3 is 74.7 Å². The summed E-state index contributed by atoms with van der Waals surface area (Å²) in [5.41, 5.74) is 0. The van der Waals surface area contributed by atoms with Crippen LogP contribution in [0, 0.1) is 0 Å². The Morgan fingerprint density at radius 3 is 1.56 bits per heavy atom. The van der Waals surface area contributed by atoms with Gasteiger partial charge >= 0.3 is 0 Å². The highest BCUT2D eigenvalue weighted by Crippen LogP contribution is 2.32. The molecule has 0 aromatic carbocycles. The van der Waals surface area contributed by atoms with Gasteiger partial charge in [0.25, 0.3) is 0 Å². The molecule has 0 aromatic rings. The van der Waals surface area contributed by atoms with Gasteiger partial charge in [0.05, 0.1) is 19.8 Å². The van der Waals surface area contributed by atoms with Crippen molar-refractivity contribution < 1.29 is 79.1 Å². The molecule has 3 aliphatic rings. The van der Waals surface area contributed by atoms with E-state index in [-0.39, 0.29) is 0 Å². The standard InChI is InChI=1S/C18H31FO15/c19-7-15(9(24)5(2-21)30-16(7)29)34-18-13(28)11(26)14(6(3-22)32-18)33-17-12(27)10(25)8(23)4(1-20)31-17/h4-18,20-29H,1-3H2/t4-,5-,6-,7-,8-,9-,10+,11-,12-,13-,14-,15-,16+,17+,18+/m1/s1. The van der Waals surface area contributed by atoms with Crippen LogP contribution in [-0.2, 0) is 23.7 Å². The highest BCUT2D eigenvalue weighted by molar-refractivity contribution is 4.96. The van der Waals surface area contributed by atoms with Gasteiger partial charge in [0.15, 0.2) is 25.0 Å². The van der Waals surface area contributed by atoms with E-state index in [0.29, 0.717) is 0 Å². The summed E-state index contributed by atoms with van der Waals surface area (Å²) in [6, 6.07) is 0. The minimum absolute atomic E-state index is 0.755. The zero-order valence-electron chi connectivity index (χ0n) is 17.7. The van der Waals surface area contributed by atoms with Gasteiger partial charge in [-0.2, -0.15) is 0 Å². The first-order valence-electron chi connectivity index (χ1n) is 10.6. The lowest BCUT2D eigenvalue weighted by Gasteiger charge is -2.47. The van der Waals surface area contributed by atoms with Gasteiger partial charge in [0.1, 0.15) is 67.1 Å². The highest BCUT2D eigenvalue weighted by Gasteiger charge is 2.53. The monoisotopic (exact) mass is 506 g/mol. The van der Waals surface area contributed by atoms with Crippen LogP contribution in [0.15, 0.2) is 0 Å². The molecule has 0 radical (unpaired) electrons. The average molecular weight is 506 g/mol. The maximum absolute atomic E-state index is 14.4. The van der Waals surface area contributed by atoms with Crippen LogP contribution in [0.3, 0.4) is 0 Å². The smallest absolute Gasteiger partial charge is 0.189 e. The summed E-state index contributed by atoms with van der Waals surface area (Å²) >= 11 is 0.